The molecular formula is C25H34N4O. The van der Waals surface area contributed by atoms with Crippen LogP contribution in [0.3, 0.4) is 0 Å². The summed E-state index contributed by atoms with van der Waals surface area (Å²) in [5, 5.41) is 3.37. The highest BCUT2D eigenvalue weighted by Gasteiger charge is 2.30. The van der Waals surface area contributed by atoms with Gasteiger partial charge < -0.3 is 20.0 Å². The standard InChI is InChI=1S/C25H34N4O/c1-27-16-12-23(13-17-27)28(2)24-14-18-29(19-15-24)25(30)20-8-10-22(11-9-20)26-21-6-4-3-5-7-21/h3-11,23-24,26H,12-19H2,1-2H3. The minimum absolute atomic E-state index is 0.154. The molecule has 1 N–H and O–H groups in total. The van der Waals surface area contributed by atoms with Crippen molar-refractivity contribution >= 4 is 17.3 Å². The second-order valence-corrected chi connectivity index (χ2v) is 8.79. The third-order valence-corrected chi connectivity index (χ3v) is 6.79. The lowest BCUT2D eigenvalue weighted by Crippen LogP contribution is -2.51. The highest BCUT2D eigenvalue weighted by molar-refractivity contribution is 5.94. The van der Waals surface area contributed by atoms with E-state index in [1.807, 2.05) is 59.5 Å². The largest absolute Gasteiger partial charge is 0.356 e. The van der Waals surface area contributed by atoms with E-state index in [-0.39, 0.29) is 5.91 Å². The molecule has 0 aliphatic carbocycles. The number of piperidine rings is 2. The third-order valence-electron chi connectivity index (χ3n) is 6.79. The molecular weight excluding hydrogens is 372 g/mol. The van der Waals surface area contributed by atoms with Crippen LogP contribution in [0.2, 0.25) is 0 Å². The molecule has 0 unspecified atom stereocenters. The predicted octanol–water partition coefficient (Wildman–Crippen LogP) is 4.06. The molecule has 2 fully saturated rings. The molecule has 2 aliphatic rings. The Labute approximate surface area is 180 Å². The van der Waals surface area contributed by atoms with Gasteiger partial charge in [0.1, 0.15) is 0 Å². The normalized spacial score (nSPS) is 19.2. The SMILES string of the molecule is CN1CCC(N(C)C2CCN(C(=O)c3ccc(Nc4ccccc4)cc3)CC2)CC1. The van der Waals surface area contributed by atoms with Gasteiger partial charge in [0.15, 0.2) is 0 Å². The lowest BCUT2D eigenvalue weighted by atomic mass is 9.97. The lowest BCUT2D eigenvalue weighted by molar-refractivity contribution is 0.0513. The number of benzene rings is 2. The molecule has 5 heteroatoms. The molecule has 2 aromatic carbocycles. The van der Waals surface area contributed by atoms with Crippen LogP contribution in [0.1, 0.15) is 36.0 Å². The van der Waals surface area contributed by atoms with Crippen molar-refractivity contribution < 1.29 is 4.79 Å². The number of nitrogens with zero attached hydrogens (tertiary/aromatic N) is 3. The van der Waals surface area contributed by atoms with Crippen LogP contribution >= 0.6 is 0 Å². The van der Waals surface area contributed by atoms with Gasteiger partial charge in [-0.2, -0.15) is 0 Å². The van der Waals surface area contributed by atoms with E-state index >= 15 is 0 Å². The van der Waals surface area contributed by atoms with Crippen LogP contribution < -0.4 is 5.32 Å². The number of anilines is 2. The topological polar surface area (TPSA) is 38.8 Å². The van der Waals surface area contributed by atoms with E-state index < -0.39 is 0 Å². The molecule has 2 aromatic rings. The fraction of sp³-hybridized carbons (Fsp3) is 0.480. The minimum atomic E-state index is 0.154. The van der Waals surface area contributed by atoms with Gasteiger partial charge in [-0.15, -0.1) is 0 Å². The van der Waals surface area contributed by atoms with E-state index in [0.29, 0.717) is 12.1 Å². The van der Waals surface area contributed by atoms with E-state index in [1.54, 1.807) is 0 Å². The summed E-state index contributed by atoms with van der Waals surface area (Å²) in [7, 11) is 4.50. The van der Waals surface area contributed by atoms with Crippen molar-refractivity contribution in [1.29, 1.82) is 0 Å². The first-order chi connectivity index (χ1) is 14.6. The summed E-state index contributed by atoms with van der Waals surface area (Å²) in [6, 6.07) is 19.2. The Morgan fingerprint density at radius 2 is 1.37 bits per heavy atom. The highest BCUT2D eigenvalue weighted by Crippen LogP contribution is 2.24. The van der Waals surface area contributed by atoms with E-state index in [1.165, 1.54) is 25.9 Å². The van der Waals surface area contributed by atoms with Crippen LogP contribution in [0.25, 0.3) is 0 Å². The Morgan fingerprint density at radius 3 is 1.97 bits per heavy atom. The molecule has 0 saturated carbocycles. The molecule has 0 atom stereocenters. The second kappa shape index (κ2) is 9.63. The fourth-order valence-corrected chi connectivity index (χ4v) is 4.74. The highest BCUT2D eigenvalue weighted by atomic mass is 16.2. The van der Waals surface area contributed by atoms with Crippen molar-refractivity contribution in [3.8, 4) is 0 Å². The van der Waals surface area contributed by atoms with Crippen LogP contribution in [-0.4, -0.2) is 73.0 Å². The Kier molecular flexibility index (Phi) is 6.70. The lowest BCUT2D eigenvalue weighted by Gasteiger charge is -2.42. The van der Waals surface area contributed by atoms with Gasteiger partial charge in [-0.25, -0.2) is 0 Å². The number of para-hydroxylation sites is 1. The number of likely N-dealkylation sites (tertiary alicyclic amines) is 2. The van der Waals surface area contributed by atoms with Crippen LogP contribution in [-0.2, 0) is 0 Å². The quantitative estimate of drug-likeness (QED) is 0.813. The van der Waals surface area contributed by atoms with E-state index in [4.69, 9.17) is 0 Å². The summed E-state index contributed by atoms with van der Waals surface area (Å²) in [6.07, 6.45) is 4.66. The van der Waals surface area contributed by atoms with Crippen LogP contribution in [0.4, 0.5) is 11.4 Å². The first-order valence-corrected chi connectivity index (χ1v) is 11.2. The average molecular weight is 407 g/mol. The Hall–Kier alpha value is -2.37. The van der Waals surface area contributed by atoms with Crippen LogP contribution in [0, 0.1) is 0 Å². The minimum Gasteiger partial charge on any atom is -0.356 e. The van der Waals surface area contributed by atoms with E-state index in [9.17, 15) is 4.79 Å². The Balaban J connectivity index is 1.28. The number of hydrogen-bond donors (Lipinski definition) is 1. The second-order valence-electron chi connectivity index (χ2n) is 8.79. The molecule has 2 aliphatic heterocycles. The summed E-state index contributed by atoms with van der Waals surface area (Å²) in [5.41, 5.74) is 2.82. The van der Waals surface area contributed by atoms with Gasteiger partial charge in [0, 0.05) is 42.1 Å². The molecule has 160 valence electrons. The van der Waals surface area contributed by atoms with Gasteiger partial charge in [-0.3, -0.25) is 4.79 Å². The van der Waals surface area contributed by atoms with Crippen LogP contribution in [0.5, 0.6) is 0 Å². The molecule has 0 bridgehead atoms. The zero-order valence-electron chi connectivity index (χ0n) is 18.3. The first-order valence-electron chi connectivity index (χ1n) is 11.2. The Morgan fingerprint density at radius 1 is 0.833 bits per heavy atom. The zero-order valence-corrected chi connectivity index (χ0v) is 18.3. The smallest absolute Gasteiger partial charge is 0.253 e. The maximum Gasteiger partial charge on any atom is 0.253 e. The molecule has 0 radical (unpaired) electrons. The van der Waals surface area contributed by atoms with Crippen molar-refractivity contribution in [3.63, 3.8) is 0 Å². The summed E-state index contributed by atoms with van der Waals surface area (Å²) in [4.78, 5) is 20.0. The van der Waals surface area contributed by atoms with Gasteiger partial charge in [0.2, 0.25) is 0 Å². The number of amides is 1. The average Bonchev–Trinajstić information content (AvgIpc) is 2.80. The van der Waals surface area contributed by atoms with Crippen molar-refractivity contribution in [1.82, 2.24) is 14.7 Å². The van der Waals surface area contributed by atoms with Crippen LogP contribution in [0.15, 0.2) is 54.6 Å². The number of rotatable bonds is 5. The third kappa shape index (κ3) is 5.02. The van der Waals surface area contributed by atoms with Gasteiger partial charge in [0.25, 0.3) is 5.91 Å². The Bertz CT molecular complexity index is 807. The molecule has 5 nitrogen and oxygen atoms in total. The van der Waals surface area contributed by atoms with E-state index in [0.717, 1.165) is 42.9 Å². The summed E-state index contributed by atoms with van der Waals surface area (Å²) in [5.74, 6) is 0.154. The maximum absolute atomic E-state index is 13.0. The van der Waals surface area contributed by atoms with Crippen molar-refractivity contribution in [2.45, 2.75) is 37.8 Å². The first kappa shape index (κ1) is 20.9. The summed E-state index contributed by atoms with van der Waals surface area (Å²) >= 11 is 0. The molecule has 2 saturated heterocycles. The van der Waals surface area contributed by atoms with Gasteiger partial charge in [-0.05, 0) is 89.3 Å². The number of carbonyl (C=O) groups is 1. The number of nitrogens with one attached hydrogen (secondary N) is 1. The fourth-order valence-electron chi connectivity index (χ4n) is 4.74. The molecule has 4 rings (SSSR count). The van der Waals surface area contributed by atoms with Crippen molar-refractivity contribution in [3.05, 3.63) is 60.2 Å². The molecule has 0 spiro atoms. The molecule has 2 heterocycles. The summed E-state index contributed by atoms with van der Waals surface area (Å²) in [6.45, 7) is 4.10. The number of hydrogen-bond acceptors (Lipinski definition) is 4. The predicted molar refractivity (Wildman–Crippen MR) is 123 cm³/mol. The zero-order chi connectivity index (χ0) is 20.9. The van der Waals surface area contributed by atoms with Gasteiger partial charge in [-0.1, -0.05) is 18.2 Å². The summed E-state index contributed by atoms with van der Waals surface area (Å²) < 4.78 is 0. The maximum atomic E-state index is 13.0. The van der Waals surface area contributed by atoms with Crippen molar-refractivity contribution in [2.75, 3.05) is 45.6 Å². The van der Waals surface area contributed by atoms with E-state index in [2.05, 4.69) is 29.2 Å². The molecule has 30 heavy (non-hydrogen) atoms. The monoisotopic (exact) mass is 406 g/mol. The number of carbonyl (C=O) groups excluding carboxylic acids is 1. The van der Waals surface area contributed by atoms with Crippen molar-refractivity contribution in [2.24, 2.45) is 0 Å². The van der Waals surface area contributed by atoms with Gasteiger partial charge in [0.05, 0.1) is 0 Å². The molecule has 1 amide bonds. The van der Waals surface area contributed by atoms with Gasteiger partial charge >= 0.3 is 0 Å². The molecule has 0 aromatic heterocycles.